The molecular formula is C12H9Br2NS. The highest BCUT2D eigenvalue weighted by molar-refractivity contribution is 9.10. The number of hydrogen-bond donors (Lipinski definition) is 0. The summed E-state index contributed by atoms with van der Waals surface area (Å²) < 4.78 is 2.14. The second-order valence-electron chi connectivity index (χ2n) is 3.26. The minimum atomic E-state index is 0.933. The molecule has 0 atom stereocenters. The van der Waals surface area contributed by atoms with Crippen molar-refractivity contribution in [2.24, 2.45) is 0 Å². The number of aromatic nitrogens is 1. The van der Waals surface area contributed by atoms with E-state index < -0.39 is 0 Å². The molecule has 0 N–H and O–H groups in total. The molecule has 2 aromatic rings. The van der Waals surface area contributed by atoms with Crippen LogP contribution in [-0.4, -0.2) is 4.98 Å². The van der Waals surface area contributed by atoms with Crippen molar-refractivity contribution in [3.63, 3.8) is 0 Å². The summed E-state index contributed by atoms with van der Waals surface area (Å²) in [6, 6.07) is 10.4. The zero-order valence-electron chi connectivity index (χ0n) is 8.36. The average Bonchev–Trinajstić information content (AvgIpc) is 2.27. The molecule has 0 aliphatic heterocycles. The molecule has 0 aliphatic carbocycles. The quantitative estimate of drug-likeness (QED) is 0.724. The van der Waals surface area contributed by atoms with Gasteiger partial charge in [-0.1, -0.05) is 22.0 Å². The van der Waals surface area contributed by atoms with Crippen LogP contribution >= 0.6 is 43.6 Å². The number of halogens is 2. The number of pyridine rings is 1. The maximum Gasteiger partial charge on any atom is 0.0410 e. The lowest BCUT2D eigenvalue weighted by atomic mass is 10.3. The fourth-order valence-corrected chi connectivity index (χ4v) is 3.10. The van der Waals surface area contributed by atoms with Gasteiger partial charge in [-0.05, 0) is 45.8 Å². The first-order chi connectivity index (χ1) is 7.74. The van der Waals surface area contributed by atoms with Crippen molar-refractivity contribution >= 4 is 43.6 Å². The molecule has 16 heavy (non-hydrogen) atoms. The Kier molecular flexibility index (Phi) is 4.44. The lowest BCUT2D eigenvalue weighted by Crippen LogP contribution is -1.83. The lowest BCUT2D eigenvalue weighted by Gasteiger charge is -2.02. The SMILES string of the molecule is Brc1cncc(CSc2cccc(Br)c2)c1. The zero-order valence-corrected chi connectivity index (χ0v) is 12.3. The van der Waals surface area contributed by atoms with Crippen molar-refractivity contribution in [3.8, 4) is 0 Å². The largest absolute Gasteiger partial charge is 0.263 e. The molecule has 0 unspecified atom stereocenters. The van der Waals surface area contributed by atoms with Gasteiger partial charge < -0.3 is 0 Å². The maximum atomic E-state index is 4.14. The first-order valence-electron chi connectivity index (χ1n) is 4.72. The second kappa shape index (κ2) is 5.84. The van der Waals surface area contributed by atoms with Gasteiger partial charge in [-0.2, -0.15) is 0 Å². The molecule has 4 heteroatoms. The molecule has 1 heterocycles. The third-order valence-electron chi connectivity index (χ3n) is 1.96. The maximum absolute atomic E-state index is 4.14. The van der Waals surface area contributed by atoms with E-state index in [9.17, 15) is 0 Å². The van der Waals surface area contributed by atoms with E-state index in [1.165, 1.54) is 10.5 Å². The van der Waals surface area contributed by atoms with E-state index in [4.69, 9.17) is 0 Å². The Morgan fingerprint density at radius 2 is 1.94 bits per heavy atom. The summed E-state index contributed by atoms with van der Waals surface area (Å²) in [4.78, 5) is 5.40. The summed E-state index contributed by atoms with van der Waals surface area (Å²) >= 11 is 8.69. The Morgan fingerprint density at radius 1 is 1.06 bits per heavy atom. The fraction of sp³-hybridized carbons (Fsp3) is 0.0833. The first kappa shape index (κ1) is 12.1. The van der Waals surface area contributed by atoms with Crippen LogP contribution in [0.25, 0.3) is 0 Å². The van der Waals surface area contributed by atoms with Crippen molar-refractivity contribution in [2.75, 3.05) is 0 Å². The van der Waals surface area contributed by atoms with Gasteiger partial charge in [-0.15, -0.1) is 11.8 Å². The van der Waals surface area contributed by atoms with Crippen LogP contribution < -0.4 is 0 Å². The molecule has 82 valence electrons. The molecule has 1 aromatic carbocycles. The highest BCUT2D eigenvalue weighted by atomic mass is 79.9. The Balaban J connectivity index is 2.02. The van der Waals surface area contributed by atoms with Crippen LogP contribution in [0.5, 0.6) is 0 Å². The Hall–Kier alpha value is -0.320. The number of nitrogens with zero attached hydrogens (tertiary/aromatic N) is 1. The molecule has 1 nitrogen and oxygen atoms in total. The molecule has 0 amide bonds. The van der Waals surface area contributed by atoms with E-state index in [0.717, 1.165) is 14.7 Å². The standard InChI is InChI=1S/C12H9Br2NS/c13-10-2-1-3-12(5-10)16-8-9-4-11(14)7-15-6-9/h1-7H,8H2. The molecule has 0 saturated heterocycles. The summed E-state index contributed by atoms with van der Waals surface area (Å²) in [7, 11) is 0. The third-order valence-corrected chi connectivity index (χ3v) is 3.95. The molecule has 0 bridgehead atoms. The fourth-order valence-electron chi connectivity index (χ4n) is 1.26. The smallest absolute Gasteiger partial charge is 0.0410 e. The highest BCUT2D eigenvalue weighted by Gasteiger charge is 1.98. The van der Waals surface area contributed by atoms with Crippen LogP contribution in [0.1, 0.15) is 5.56 Å². The van der Waals surface area contributed by atoms with Crippen molar-refractivity contribution < 1.29 is 0 Å². The van der Waals surface area contributed by atoms with Crippen LogP contribution in [0, 0.1) is 0 Å². The summed E-state index contributed by atoms with van der Waals surface area (Å²) in [6.07, 6.45) is 3.70. The van der Waals surface area contributed by atoms with Gasteiger partial charge in [0.25, 0.3) is 0 Å². The molecule has 0 radical (unpaired) electrons. The van der Waals surface area contributed by atoms with E-state index in [-0.39, 0.29) is 0 Å². The summed E-state index contributed by atoms with van der Waals surface area (Å²) in [5.74, 6) is 0.933. The topological polar surface area (TPSA) is 12.9 Å². The zero-order chi connectivity index (χ0) is 11.4. The van der Waals surface area contributed by atoms with Crippen LogP contribution in [0.4, 0.5) is 0 Å². The van der Waals surface area contributed by atoms with Crippen LogP contribution in [-0.2, 0) is 5.75 Å². The van der Waals surface area contributed by atoms with E-state index in [0.29, 0.717) is 0 Å². The van der Waals surface area contributed by atoms with Gasteiger partial charge in [0.2, 0.25) is 0 Å². The predicted molar refractivity (Wildman–Crippen MR) is 75.6 cm³/mol. The number of benzene rings is 1. The molecule has 2 rings (SSSR count). The van der Waals surface area contributed by atoms with Gasteiger partial charge in [-0.3, -0.25) is 4.98 Å². The van der Waals surface area contributed by atoms with Crippen molar-refractivity contribution in [2.45, 2.75) is 10.6 Å². The van der Waals surface area contributed by atoms with Gasteiger partial charge in [0.1, 0.15) is 0 Å². The molecule has 0 spiro atoms. The molecular weight excluding hydrogens is 350 g/mol. The van der Waals surface area contributed by atoms with Crippen LogP contribution in [0.3, 0.4) is 0 Å². The van der Waals surface area contributed by atoms with E-state index in [2.05, 4.69) is 55.0 Å². The Labute approximate surface area is 116 Å². The monoisotopic (exact) mass is 357 g/mol. The summed E-state index contributed by atoms with van der Waals surface area (Å²) in [5, 5.41) is 0. The molecule has 0 aliphatic rings. The van der Waals surface area contributed by atoms with Gasteiger partial charge >= 0.3 is 0 Å². The van der Waals surface area contributed by atoms with Crippen LogP contribution in [0.2, 0.25) is 0 Å². The van der Waals surface area contributed by atoms with Gasteiger partial charge in [0.05, 0.1) is 0 Å². The van der Waals surface area contributed by atoms with Crippen LogP contribution in [0.15, 0.2) is 56.6 Å². The third kappa shape index (κ3) is 3.61. The molecule has 0 saturated carbocycles. The predicted octanol–water partition coefficient (Wildman–Crippen LogP) is 4.90. The summed E-state index contributed by atoms with van der Waals surface area (Å²) in [5.41, 5.74) is 1.22. The minimum absolute atomic E-state index is 0.933. The first-order valence-corrected chi connectivity index (χ1v) is 7.29. The number of hydrogen-bond acceptors (Lipinski definition) is 2. The Morgan fingerprint density at radius 3 is 2.69 bits per heavy atom. The van der Waals surface area contributed by atoms with Crippen molar-refractivity contribution in [1.29, 1.82) is 0 Å². The number of thioether (sulfide) groups is 1. The Bertz CT molecular complexity index is 442. The average molecular weight is 359 g/mol. The van der Waals surface area contributed by atoms with E-state index in [1.807, 2.05) is 18.3 Å². The van der Waals surface area contributed by atoms with Gasteiger partial charge in [-0.25, -0.2) is 0 Å². The van der Waals surface area contributed by atoms with E-state index in [1.54, 1.807) is 18.0 Å². The lowest BCUT2D eigenvalue weighted by molar-refractivity contribution is 1.23. The second-order valence-corrected chi connectivity index (χ2v) is 6.14. The van der Waals surface area contributed by atoms with Crippen molar-refractivity contribution in [3.05, 3.63) is 57.2 Å². The van der Waals surface area contributed by atoms with Gasteiger partial charge in [0.15, 0.2) is 0 Å². The van der Waals surface area contributed by atoms with Crippen molar-refractivity contribution in [1.82, 2.24) is 4.98 Å². The van der Waals surface area contributed by atoms with E-state index >= 15 is 0 Å². The summed E-state index contributed by atoms with van der Waals surface area (Å²) in [6.45, 7) is 0. The highest BCUT2D eigenvalue weighted by Crippen LogP contribution is 2.25. The van der Waals surface area contributed by atoms with Gasteiger partial charge in [0, 0.05) is 32.0 Å². The number of rotatable bonds is 3. The minimum Gasteiger partial charge on any atom is -0.263 e. The molecule has 1 aromatic heterocycles. The molecule has 0 fully saturated rings. The normalized spacial score (nSPS) is 10.4.